The van der Waals surface area contributed by atoms with Gasteiger partial charge in [-0.15, -0.1) is 0 Å². The standard InChI is InChI=1S/C14H20N4O2/c1-17(12-4-2-11(15)3-5-12)13(19)9-18-7-6-10(8-18)14(16)20/h2-5,10H,6-9,15H2,1H3,(H2,16,20). The van der Waals surface area contributed by atoms with Crippen molar-refractivity contribution in [3.63, 3.8) is 0 Å². The number of nitrogens with zero attached hydrogens (tertiary/aromatic N) is 2. The smallest absolute Gasteiger partial charge is 0.240 e. The Hall–Kier alpha value is -2.08. The Labute approximate surface area is 118 Å². The summed E-state index contributed by atoms with van der Waals surface area (Å²) in [6, 6.07) is 7.14. The second-order valence-electron chi connectivity index (χ2n) is 5.17. The van der Waals surface area contributed by atoms with E-state index in [9.17, 15) is 9.59 Å². The Morgan fingerprint density at radius 2 is 2.00 bits per heavy atom. The highest BCUT2D eigenvalue weighted by molar-refractivity contribution is 5.94. The van der Waals surface area contributed by atoms with E-state index in [0.717, 1.165) is 18.7 Å². The van der Waals surface area contributed by atoms with Gasteiger partial charge in [-0.2, -0.15) is 0 Å². The first-order valence-electron chi connectivity index (χ1n) is 6.61. The number of carbonyl (C=O) groups is 2. The summed E-state index contributed by atoms with van der Waals surface area (Å²) in [7, 11) is 1.73. The molecule has 6 nitrogen and oxygen atoms in total. The van der Waals surface area contributed by atoms with Crippen LogP contribution in [0.2, 0.25) is 0 Å². The van der Waals surface area contributed by atoms with Gasteiger partial charge in [-0.3, -0.25) is 14.5 Å². The van der Waals surface area contributed by atoms with E-state index in [-0.39, 0.29) is 17.7 Å². The van der Waals surface area contributed by atoms with Crippen molar-refractivity contribution in [3.8, 4) is 0 Å². The zero-order chi connectivity index (χ0) is 14.7. The molecule has 0 spiro atoms. The van der Waals surface area contributed by atoms with Gasteiger partial charge >= 0.3 is 0 Å². The van der Waals surface area contributed by atoms with Gasteiger partial charge in [0, 0.05) is 25.0 Å². The Balaban J connectivity index is 1.92. The van der Waals surface area contributed by atoms with Crippen LogP contribution in [0, 0.1) is 5.92 Å². The van der Waals surface area contributed by atoms with E-state index >= 15 is 0 Å². The van der Waals surface area contributed by atoms with Crippen molar-refractivity contribution in [2.75, 3.05) is 37.3 Å². The van der Waals surface area contributed by atoms with Crippen molar-refractivity contribution < 1.29 is 9.59 Å². The Kier molecular flexibility index (Phi) is 4.24. The maximum Gasteiger partial charge on any atom is 0.240 e. The van der Waals surface area contributed by atoms with Crippen molar-refractivity contribution in [2.24, 2.45) is 11.7 Å². The largest absolute Gasteiger partial charge is 0.399 e. The first-order valence-corrected chi connectivity index (χ1v) is 6.61. The number of benzene rings is 1. The van der Waals surface area contributed by atoms with Crippen molar-refractivity contribution in [3.05, 3.63) is 24.3 Å². The van der Waals surface area contributed by atoms with Crippen molar-refractivity contribution in [1.82, 2.24) is 4.90 Å². The average molecular weight is 276 g/mol. The number of carbonyl (C=O) groups excluding carboxylic acids is 2. The molecule has 20 heavy (non-hydrogen) atoms. The predicted molar refractivity (Wildman–Crippen MR) is 78.0 cm³/mol. The van der Waals surface area contributed by atoms with Gasteiger partial charge in [0.2, 0.25) is 11.8 Å². The molecule has 1 aliphatic rings. The molecule has 0 saturated carbocycles. The zero-order valence-corrected chi connectivity index (χ0v) is 11.6. The van der Waals surface area contributed by atoms with Gasteiger partial charge in [0.05, 0.1) is 12.5 Å². The fourth-order valence-electron chi connectivity index (χ4n) is 2.35. The third-order valence-electron chi connectivity index (χ3n) is 3.69. The molecule has 1 aliphatic heterocycles. The van der Waals surface area contributed by atoms with Gasteiger partial charge < -0.3 is 16.4 Å². The van der Waals surface area contributed by atoms with Crippen LogP contribution in [0.25, 0.3) is 0 Å². The van der Waals surface area contributed by atoms with E-state index in [2.05, 4.69) is 0 Å². The SMILES string of the molecule is CN(C(=O)CN1CCC(C(N)=O)C1)c1ccc(N)cc1. The van der Waals surface area contributed by atoms with Crippen LogP contribution in [0.3, 0.4) is 0 Å². The third-order valence-corrected chi connectivity index (χ3v) is 3.69. The van der Waals surface area contributed by atoms with Crippen LogP contribution in [0.4, 0.5) is 11.4 Å². The van der Waals surface area contributed by atoms with E-state index in [4.69, 9.17) is 11.5 Å². The van der Waals surface area contributed by atoms with Crippen LogP contribution in [0.15, 0.2) is 24.3 Å². The van der Waals surface area contributed by atoms with Crippen LogP contribution < -0.4 is 16.4 Å². The van der Waals surface area contributed by atoms with Gasteiger partial charge in [-0.1, -0.05) is 0 Å². The summed E-state index contributed by atoms with van der Waals surface area (Å²) in [5.74, 6) is -0.434. The highest BCUT2D eigenvalue weighted by Gasteiger charge is 2.28. The molecule has 2 amide bonds. The Morgan fingerprint density at radius 1 is 1.35 bits per heavy atom. The number of nitrogens with two attached hydrogens (primary N) is 2. The lowest BCUT2D eigenvalue weighted by Crippen LogP contribution is -2.38. The lowest BCUT2D eigenvalue weighted by Gasteiger charge is -2.21. The summed E-state index contributed by atoms with van der Waals surface area (Å²) in [6.45, 7) is 1.59. The molecule has 2 rings (SSSR count). The van der Waals surface area contributed by atoms with E-state index in [1.54, 1.807) is 24.1 Å². The number of anilines is 2. The Morgan fingerprint density at radius 3 is 2.55 bits per heavy atom. The molecular weight excluding hydrogens is 256 g/mol. The van der Waals surface area contributed by atoms with Crippen molar-refractivity contribution >= 4 is 23.2 Å². The molecule has 108 valence electrons. The first kappa shape index (κ1) is 14.3. The lowest BCUT2D eigenvalue weighted by atomic mass is 10.1. The molecular formula is C14H20N4O2. The normalized spacial score (nSPS) is 18.9. The molecule has 1 fully saturated rings. The van der Waals surface area contributed by atoms with Crippen molar-refractivity contribution in [2.45, 2.75) is 6.42 Å². The molecule has 1 atom stereocenters. The topological polar surface area (TPSA) is 92.7 Å². The molecule has 0 bridgehead atoms. The van der Waals surface area contributed by atoms with Crippen LogP contribution in [0.1, 0.15) is 6.42 Å². The van der Waals surface area contributed by atoms with Crippen LogP contribution in [0.5, 0.6) is 0 Å². The number of likely N-dealkylation sites (N-methyl/N-ethyl adjacent to an activating group) is 1. The summed E-state index contributed by atoms with van der Waals surface area (Å²) in [5.41, 5.74) is 12.4. The van der Waals surface area contributed by atoms with Crippen LogP contribution in [-0.2, 0) is 9.59 Å². The zero-order valence-electron chi connectivity index (χ0n) is 11.6. The summed E-state index contributed by atoms with van der Waals surface area (Å²) in [4.78, 5) is 26.9. The number of likely N-dealkylation sites (tertiary alicyclic amines) is 1. The first-order chi connectivity index (χ1) is 9.47. The van der Waals surface area contributed by atoms with Gasteiger partial charge in [-0.25, -0.2) is 0 Å². The van der Waals surface area contributed by atoms with E-state index in [1.165, 1.54) is 0 Å². The summed E-state index contributed by atoms with van der Waals surface area (Å²) in [5, 5.41) is 0. The quantitative estimate of drug-likeness (QED) is 0.759. The molecule has 6 heteroatoms. The third kappa shape index (κ3) is 3.27. The van der Waals surface area contributed by atoms with Crippen LogP contribution >= 0.6 is 0 Å². The molecule has 0 aliphatic carbocycles. The lowest BCUT2D eigenvalue weighted by molar-refractivity contribution is -0.122. The number of rotatable bonds is 4. The van der Waals surface area contributed by atoms with Gasteiger partial charge in [0.25, 0.3) is 0 Å². The second kappa shape index (κ2) is 5.92. The fraction of sp³-hybridized carbons (Fsp3) is 0.429. The maximum absolute atomic E-state index is 12.2. The molecule has 1 aromatic rings. The fourth-order valence-corrected chi connectivity index (χ4v) is 2.35. The molecule has 0 radical (unpaired) electrons. The number of hydrogen-bond donors (Lipinski definition) is 2. The monoisotopic (exact) mass is 276 g/mol. The summed E-state index contributed by atoms with van der Waals surface area (Å²) < 4.78 is 0. The number of nitrogen functional groups attached to an aromatic ring is 1. The Bertz CT molecular complexity index is 500. The summed E-state index contributed by atoms with van der Waals surface area (Å²) >= 11 is 0. The predicted octanol–water partition coefficient (Wildman–Crippen LogP) is 0.0388. The van der Waals surface area contributed by atoms with E-state index in [0.29, 0.717) is 18.8 Å². The highest BCUT2D eigenvalue weighted by atomic mass is 16.2. The summed E-state index contributed by atoms with van der Waals surface area (Å²) in [6.07, 6.45) is 0.730. The molecule has 1 saturated heterocycles. The molecule has 4 N–H and O–H groups in total. The second-order valence-corrected chi connectivity index (χ2v) is 5.17. The molecule has 1 aromatic carbocycles. The number of primary amides is 1. The number of hydrogen-bond acceptors (Lipinski definition) is 4. The molecule has 0 aromatic heterocycles. The minimum Gasteiger partial charge on any atom is -0.399 e. The van der Waals surface area contributed by atoms with Gasteiger partial charge in [-0.05, 0) is 37.2 Å². The average Bonchev–Trinajstić information content (AvgIpc) is 2.87. The molecule has 1 heterocycles. The van der Waals surface area contributed by atoms with E-state index < -0.39 is 0 Å². The maximum atomic E-state index is 12.2. The highest BCUT2D eigenvalue weighted by Crippen LogP contribution is 2.18. The van der Waals surface area contributed by atoms with E-state index in [1.807, 2.05) is 17.0 Å². The minimum atomic E-state index is -0.285. The van der Waals surface area contributed by atoms with Crippen LogP contribution in [-0.4, -0.2) is 43.4 Å². The van der Waals surface area contributed by atoms with Gasteiger partial charge in [0.1, 0.15) is 0 Å². The molecule has 1 unspecified atom stereocenters. The van der Waals surface area contributed by atoms with Gasteiger partial charge in [0.15, 0.2) is 0 Å². The minimum absolute atomic E-state index is 0.0140. The van der Waals surface area contributed by atoms with Crippen molar-refractivity contribution in [1.29, 1.82) is 0 Å². The number of amides is 2.